The maximum Gasteiger partial charge on any atom is 0.379 e. The summed E-state index contributed by atoms with van der Waals surface area (Å²) in [5.41, 5.74) is 2.69. The van der Waals surface area contributed by atoms with Crippen molar-refractivity contribution in [3.63, 3.8) is 0 Å². The number of hydrogen-bond acceptors (Lipinski definition) is 4. The van der Waals surface area contributed by atoms with Crippen molar-refractivity contribution < 1.29 is 13.9 Å². The van der Waals surface area contributed by atoms with E-state index < -0.39 is 3.32 Å². The number of carbonyl (C=O) groups excluding carboxylic acids is 1. The second-order valence-electron chi connectivity index (χ2n) is 5.23. The molecule has 3 aromatic rings. The van der Waals surface area contributed by atoms with Gasteiger partial charge in [-0.1, -0.05) is 12.1 Å². The molecule has 132 valence electrons. The number of nitrogens with zero attached hydrogens (tertiary/aromatic N) is 2. The molecule has 0 spiro atoms. The fraction of sp³-hybridized carbons (Fsp3) is 0.0556. The number of amides is 1. The maximum atomic E-state index is 13.2. The van der Waals surface area contributed by atoms with Gasteiger partial charge in [0.2, 0.25) is 0 Å². The molecule has 0 aliphatic heterocycles. The summed E-state index contributed by atoms with van der Waals surface area (Å²) in [5.74, 6) is -0.0237. The Balaban J connectivity index is 1.72. The minimum atomic E-state index is -2.32. The molecule has 1 unspecified atom stereocenters. The Kier molecular flexibility index (Phi) is 5.67. The highest BCUT2D eigenvalue weighted by Crippen LogP contribution is 2.30. The number of hydrogen-bond donors (Lipinski definition) is 1. The fourth-order valence-electron chi connectivity index (χ4n) is 2.23. The van der Waals surface area contributed by atoms with Gasteiger partial charge in [-0.15, -0.1) is 0 Å². The van der Waals surface area contributed by atoms with Crippen molar-refractivity contribution in [2.45, 2.75) is 3.32 Å². The summed E-state index contributed by atoms with van der Waals surface area (Å²) in [6, 6.07) is 13.4. The van der Waals surface area contributed by atoms with Crippen LogP contribution in [0.4, 0.5) is 10.1 Å². The molecule has 0 aliphatic rings. The first kappa shape index (κ1) is 18.5. The Hall–Kier alpha value is -2.26. The largest absolute Gasteiger partial charge is 0.438 e. The van der Waals surface area contributed by atoms with E-state index in [1.54, 1.807) is 42.7 Å². The molecule has 1 N–H and O–H groups in total. The van der Waals surface area contributed by atoms with Crippen LogP contribution in [0, 0.1) is 0 Å². The van der Waals surface area contributed by atoms with Gasteiger partial charge in [0.15, 0.2) is 0 Å². The molecule has 8 heteroatoms. The fourth-order valence-corrected chi connectivity index (χ4v) is 2.57. The smallest absolute Gasteiger partial charge is 0.379 e. The highest BCUT2D eigenvalue weighted by molar-refractivity contribution is 14.1. The Morgan fingerprint density at radius 2 is 1.81 bits per heavy atom. The zero-order valence-electron chi connectivity index (χ0n) is 13.2. The number of carbonyl (C=O) groups is 1. The van der Waals surface area contributed by atoms with Crippen molar-refractivity contribution in [1.82, 2.24) is 9.97 Å². The van der Waals surface area contributed by atoms with Gasteiger partial charge in [0, 0.05) is 51.8 Å². The second kappa shape index (κ2) is 7.96. The van der Waals surface area contributed by atoms with Crippen LogP contribution in [0.2, 0.25) is 0 Å². The topological polar surface area (TPSA) is 64.1 Å². The van der Waals surface area contributed by atoms with E-state index in [0.29, 0.717) is 11.3 Å². The van der Waals surface area contributed by atoms with E-state index in [1.165, 1.54) is 41.1 Å². The van der Waals surface area contributed by atoms with E-state index in [0.717, 1.165) is 11.1 Å². The molecule has 0 saturated carbocycles. The maximum absolute atomic E-state index is 13.2. The predicted octanol–water partition coefficient (Wildman–Crippen LogP) is 5.03. The molecular weight excluding hydrogens is 472 g/mol. The number of alkyl halides is 3. The quantitative estimate of drug-likeness (QED) is 0.408. The Morgan fingerprint density at radius 3 is 2.46 bits per heavy atom. The summed E-state index contributed by atoms with van der Waals surface area (Å²) in [5, 5.41) is 2.77. The van der Waals surface area contributed by atoms with Gasteiger partial charge in [-0.05, 0) is 53.6 Å². The zero-order valence-corrected chi connectivity index (χ0v) is 16.1. The number of rotatable bonds is 5. The van der Waals surface area contributed by atoms with Crippen molar-refractivity contribution in [1.29, 1.82) is 0 Å². The normalized spacial score (nSPS) is 12.9. The monoisotopic (exact) mass is 483 g/mol. The highest BCUT2D eigenvalue weighted by atomic mass is 127. The third-order valence-electron chi connectivity index (χ3n) is 3.36. The summed E-state index contributed by atoms with van der Waals surface area (Å²) in [6.07, 6.45) is 4.80. The van der Waals surface area contributed by atoms with E-state index in [-0.39, 0.29) is 11.7 Å². The molecule has 0 radical (unpaired) electrons. The third-order valence-corrected chi connectivity index (χ3v) is 3.66. The standard InChI is InChI=1S/C18H12ClFIN3O2/c19-18(20,21)26-16-6-4-15(5-7-16)24-17(25)13-3-1-2-12(8-13)14-9-22-11-23-10-14/h1-11H,(H,24,25). The lowest BCUT2D eigenvalue weighted by molar-refractivity contribution is 0.102. The average Bonchev–Trinajstić information content (AvgIpc) is 2.63. The number of nitrogens with one attached hydrogen (secondary N) is 1. The van der Waals surface area contributed by atoms with Crippen LogP contribution in [0.25, 0.3) is 11.1 Å². The lowest BCUT2D eigenvalue weighted by Crippen LogP contribution is -2.14. The van der Waals surface area contributed by atoms with Gasteiger partial charge in [0.25, 0.3) is 5.91 Å². The molecule has 1 aromatic heterocycles. The van der Waals surface area contributed by atoms with Gasteiger partial charge >= 0.3 is 3.32 Å². The van der Waals surface area contributed by atoms with Crippen molar-refractivity contribution in [3.8, 4) is 16.9 Å². The van der Waals surface area contributed by atoms with Gasteiger partial charge in [0.05, 0.1) is 0 Å². The van der Waals surface area contributed by atoms with Crippen LogP contribution in [0.3, 0.4) is 0 Å². The first-order valence-corrected chi connectivity index (χ1v) is 8.89. The molecule has 1 amide bonds. The summed E-state index contributed by atoms with van der Waals surface area (Å²) < 4.78 is 15.8. The minimum Gasteiger partial charge on any atom is -0.438 e. The van der Waals surface area contributed by atoms with Crippen molar-refractivity contribution >= 4 is 45.8 Å². The minimum absolute atomic E-state index is 0.251. The number of anilines is 1. The van der Waals surface area contributed by atoms with Gasteiger partial charge in [-0.25, -0.2) is 9.97 Å². The van der Waals surface area contributed by atoms with E-state index >= 15 is 0 Å². The SMILES string of the molecule is O=C(Nc1ccc(OC(F)(Cl)I)cc1)c1cccc(-c2cncnc2)c1. The van der Waals surface area contributed by atoms with Crippen molar-refractivity contribution in [2.75, 3.05) is 5.32 Å². The molecule has 0 bridgehead atoms. The summed E-state index contributed by atoms with van der Waals surface area (Å²) in [6.45, 7) is 0. The third kappa shape index (κ3) is 5.12. The molecule has 3 rings (SSSR count). The number of benzene rings is 2. The van der Waals surface area contributed by atoms with Crippen molar-refractivity contribution in [3.05, 3.63) is 72.8 Å². The molecule has 26 heavy (non-hydrogen) atoms. The molecule has 1 heterocycles. The molecule has 0 saturated heterocycles. The zero-order chi connectivity index (χ0) is 18.6. The molecule has 2 aromatic carbocycles. The highest BCUT2D eigenvalue weighted by Gasteiger charge is 2.23. The molecule has 1 atom stereocenters. The van der Waals surface area contributed by atoms with E-state index in [2.05, 4.69) is 15.3 Å². The Morgan fingerprint density at radius 1 is 1.12 bits per heavy atom. The summed E-state index contributed by atoms with van der Waals surface area (Å²) in [4.78, 5) is 20.4. The summed E-state index contributed by atoms with van der Waals surface area (Å²) >= 11 is 6.68. The van der Waals surface area contributed by atoms with Crippen LogP contribution in [0.5, 0.6) is 5.75 Å². The van der Waals surface area contributed by atoms with Crippen LogP contribution in [-0.2, 0) is 0 Å². The number of halogens is 3. The average molecular weight is 484 g/mol. The molecule has 5 nitrogen and oxygen atoms in total. The van der Waals surface area contributed by atoms with Gasteiger partial charge < -0.3 is 10.1 Å². The lowest BCUT2D eigenvalue weighted by Gasteiger charge is -2.13. The number of ether oxygens (including phenoxy) is 1. The van der Waals surface area contributed by atoms with Gasteiger partial charge in [-0.2, -0.15) is 4.39 Å². The van der Waals surface area contributed by atoms with Gasteiger partial charge in [0.1, 0.15) is 12.1 Å². The van der Waals surface area contributed by atoms with E-state index in [9.17, 15) is 9.18 Å². The van der Waals surface area contributed by atoms with E-state index in [4.69, 9.17) is 16.3 Å². The second-order valence-corrected chi connectivity index (χ2v) is 7.75. The lowest BCUT2D eigenvalue weighted by atomic mass is 10.1. The summed E-state index contributed by atoms with van der Waals surface area (Å²) in [7, 11) is 0. The predicted molar refractivity (Wildman–Crippen MR) is 106 cm³/mol. The van der Waals surface area contributed by atoms with Crippen molar-refractivity contribution in [2.24, 2.45) is 0 Å². The molecule has 0 fully saturated rings. The first-order chi connectivity index (χ1) is 12.4. The van der Waals surface area contributed by atoms with Crippen LogP contribution in [0.15, 0.2) is 67.3 Å². The molecule has 0 aliphatic carbocycles. The van der Waals surface area contributed by atoms with Crippen LogP contribution < -0.4 is 10.1 Å². The van der Waals surface area contributed by atoms with Crippen LogP contribution in [0.1, 0.15) is 10.4 Å². The van der Waals surface area contributed by atoms with Gasteiger partial charge in [-0.3, -0.25) is 4.79 Å². The van der Waals surface area contributed by atoms with Crippen LogP contribution in [-0.4, -0.2) is 19.2 Å². The Bertz CT molecular complexity index is 902. The molecular formula is C18H12ClFIN3O2. The van der Waals surface area contributed by atoms with Crippen LogP contribution >= 0.6 is 34.2 Å². The Labute approximate surface area is 167 Å². The number of aromatic nitrogens is 2. The van der Waals surface area contributed by atoms with E-state index in [1.807, 2.05) is 6.07 Å². The first-order valence-electron chi connectivity index (χ1n) is 7.43.